The van der Waals surface area contributed by atoms with Crippen LogP contribution in [0.3, 0.4) is 0 Å². The summed E-state index contributed by atoms with van der Waals surface area (Å²) < 4.78 is 0.518. The van der Waals surface area contributed by atoms with Crippen molar-refractivity contribution < 1.29 is 0 Å². The molecule has 0 amide bonds. The summed E-state index contributed by atoms with van der Waals surface area (Å²) in [4.78, 5) is 0. The fraction of sp³-hybridized carbons (Fsp3) is 0.385. The minimum absolute atomic E-state index is 0.231. The highest BCUT2D eigenvalue weighted by atomic mass is 127. The van der Waals surface area contributed by atoms with Crippen molar-refractivity contribution in [2.24, 2.45) is 0 Å². The number of alkyl halides is 2. The standard InChI is InChI=1S/C13H16ClI/c1-10(8-9-13(15)11(2)14)12-6-4-3-5-7-12/h3-7,11,13H,1,8-9H2,2H3. The topological polar surface area (TPSA) is 0 Å². The summed E-state index contributed by atoms with van der Waals surface area (Å²) in [5, 5.41) is 0.231. The van der Waals surface area contributed by atoms with Gasteiger partial charge in [0.2, 0.25) is 0 Å². The van der Waals surface area contributed by atoms with Gasteiger partial charge in [-0.3, -0.25) is 0 Å². The van der Waals surface area contributed by atoms with Gasteiger partial charge in [-0.25, -0.2) is 0 Å². The zero-order valence-corrected chi connectivity index (χ0v) is 11.8. The molecule has 0 aliphatic rings. The van der Waals surface area contributed by atoms with Gasteiger partial charge in [-0.2, -0.15) is 0 Å². The van der Waals surface area contributed by atoms with E-state index in [-0.39, 0.29) is 5.38 Å². The van der Waals surface area contributed by atoms with Gasteiger partial charge >= 0.3 is 0 Å². The van der Waals surface area contributed by atoms with Gasteiger partial charge in [0.1, 0.15) is 0 Å². The van der Waals surface area contributed by atoms with E-state index in [1.54, 1.807) is 0 Å². The van der Waals surface area contributed by atoms with E-state index in [4.69, 9.17) is 11.6 Å². The summed E-state index contributed by atoms with van der Waals surface area (Å²) in [5.41, 5.74) is 2.44. The Morgan fingerprint density at radius 3 is 2.53 bits per heavy atom. The van der Waals surface area contributed by atoms with Crippen LogP contribution in [0.4, 0.5) is 0 Å². The van der Waals surface area contributed by atoms with Gasteiger partial charge in [0.25, 0.3) is 0 Å². The first-order valence-corrected chi connectivity index (χ1v) is 6.81. The van der Waals surface area contributed by atoms with E-state index in [0.717, 1.165) is 12.8 Å². The second-order valence-electron chi connectivity index (χ2n) is 3.70. The van der Waals surface area contributed by atoms with E-state index in [1.807, 2.05) is 25.1 Å². The average Bonchev–Trinajstić information content (AvgIpc) is 2.26. The number of hydrogen-bond donors (Lipinski definition) is 0. The molecule has 0 spiro atoms. The van der Waals surface area contributed by atoms with E-state index in [0.29, 0.717) is 3.92 Å². The second kappa shape index (κ2) is 6.54. The molecule has 0 saturated heterocycles. The zero-order valence-electron chi connectivity index (χ0n) is 8.92. The molecule has 1 rings (SSSR count). The summed E-state index contributed by atoms with van der Waals surface area (Å²) in [5.74, 6) is 0. The van der Waals surface area contributed by atoms with Gasteiger partial charge in [0, 0.05) is 9.30 Å². The molecule has 0 nitrogen and oxygen atoms in total. The predicted octanol–water partition coefficient (Wildman–Crippen LogP) is 4.91. The summed E-state index contributed by atoms with van der Waals surface area (Å²) in [6.45, 7) is 6.16. The van der Waals surface area contributed by atoms with Gasteiger partial charge in [0.05, 0.1) is 0 Å². The van der Waals surface area contributed by atoms with Crippen LogP contribution in [-0.2, 0) is 0 Å². The minimum Gasteiger partial charge on any atom is -0.122 e. The first-order chi connectivity index (χ1) is 7.11. The molecule has 2 heteroatoms. The van der Waals surface area contributed by atoms with E-state index in [2.05, 4.69) is 41.3 Å². The van der Waals surface area contributed by atoms with Crippen LogP contribution in [0.25, 0.3) is 5.57 Å². The smallest absolute Gasteiger partial charge is 0.0425 e. The van der Waals surface area contributed by atoms with Crippen molar-refractivity contribution in [2.45, 2.75) is 29.1 Å². The Bertz CT molecular complexity index is 306. The monoisotopic (exact) mass is 334 g/mol. The molecule has 2 unspecified atom stereocenters. The van der Waals surface area contributed by atoms with Crippen molar-refractivity contribution in [3.63, 3.8) is 0 Å². The maximum atomic E-state index is 6.02. The fourth-order valence-corrected chi connectivity index (χ4v) is 1.80. The fourth-order valence-electron chi connectivity index (χ4n) is 1.36. The number of allylic oxidation sites excluding steroid dienone is 1. The zero-order chi connectivity index (χ0) is 11.3. The van der Waals surface area contributed by atoms with Crippen molar-refractivity contribution >= 4 is 39.8 Å². The SMILES string of the molecule is C=C(CCC(I)C(C)Cl)c1ccccc1. The summed E-state index contributed by atoms with van der Waals surface area (Å²) in [6.07, 6.45) is 2.12. The average molecular weight is 335 g/mol. The van der Waals surface area contributed by atoms with Crippen molar-refractivity contribution in [3.05, 3.63) is 42.5 Å². The Morgan fingerprint density at radius 2 is 2.00 bits per heavy atom. The van der Waals surface area contributed by atoms with E-state index >= 15 is 0 Å². The van der Waals surface area contributed by atoms with Crippen LogP contribution in [0.2, 0.25) is 0 Å². The van der Waals surface area contributed by atoms with Crippen LogP contribution in [0.15, 0.2) is 36.9 Å². The Kier molecular flexibility index (Phi) is 5.69. The molecule has 0 heterocycles. The van der Waals surface area contributed by atoms with Gasteiger partial charge in [-0.05, 0) is 30.9 Å². The highest BCUT2D eigenvalue weighted by molar-refractivity contribution is 14.1. The highest BCUT2D eigenvalue weighted by Crippen LogP contribution is 2.24. The Morgan fingerprint density at radius 1 is 1.40 bits per heavy atom. The summed E-state index contributed by atoms with van der Waals surface area (Å²) in [7, 11) is 0. The lowest BCUT2D eigenvalue weighted by atomic mass is 10.0. The number of halogens is 2. The van der Waals surface area contributed by atoms with E-state index in [9.17, 15) is 0 Å². The molecule has 1 aromatic rings. The number of rotatable bonds is 5. The molecule has 0 radical (unpaired) electrons. The van der Waals surface area contributed by atoms with Gasteiger partial charge in [0.15, 0.2) is 0 Å². The maximum absolute atomic E-state index is 6.02. The molecule has 0 fully saturated rings. The Balaban J connectivity index is 2.44. The molecule has 82 valence electrons. The highest BCUT2D eigenvalue weighted by Gasteiger charge is 2.11. The third kappa shape index (κ3) is 4.56. The van der Waals surface area contributed by atoms with Crippen LogP contribution < -0.4 is 0 Å². The molecule has 2 atom stereocenters. The quantitative estimate of drug-likeness (QED) is 0.530. The lowest BCUT2D eigenvalue weighted by molar-refractivity contribution is 0.786. The minimum atomic E-state index is 0.231. The van der Waals surface area contributed by atoms with Crippen LogP contribution >= 0.6 is 34.2 Å². The second-order valence-corrected chi connectivity index (χ2v) is 5.99. The van der Waals surface area contributed by atoms with Crippen LogP contribution in [0.1, 0.15) is 25.3 Å². The first kappa shape index (κ1) is 13.0. The molecule has 0 bridgehead atoms. The molecule has 0 saturated carbocycles. The van der Waals surface area contributed by atoms with Gasteiger partial charge in [-0.1, -0.05) is 59.5 Å². The molecule has 15 heavy (non-hydrogen) atoms. The Hall–Kier alpha value is -0.0200. The van der Waals surface area contributed by atoms with Crippen LogP contribution in [0.5, 0.6) is 0 Å². The van der Waals surface area contributed by atoms with Crippen LogP contribution in [0, 0.1) is 0 Å². The largest absolute Gasteiger partial charge is 0.122 e. The lowest BCUT2D eigenvalue weighted by Crippen LogP contribution is -2.09. The Labute approximate surface area is 111 Å². The molecular weight excluding hydrogens is 319 g/mol. The molecular formula is C13H16ClI. The molecule has 0 aliphatic carbocycles. The van der Waals surface area contributed by atoms with Crippen molar-refractivity contribution in [3.8, 4) is 0 Å². The predicted molar refractivity (Wildman–Crippen MR) is 77.8 cm³/mol. The molecule has 1 aromatic carbocycles. The third-order valence-electron chi connectivity index (χ3n) is 2.40. The van der Waals surface area contributed by atoms with E-state index < -0.39 is 0 Å². The van der Waals surface area contributed by atoms with Crippen molar-refractivity contribution in [1.29, 1.82) is 0 Å². The molecule has 0 aliphatic heterocycles. The third-order valence-corrected chi connectivity index (χ3v) is 4.83. The molecule has 0 N–H and O–H groups in total. The van der Waals surface area contributed by atoms with Gasteiger partial charge in [-0.15, -0.1) is 11.6 Å². The summed E-state index contributed by atoms with van der Waals surface area (Å²) in [6, 6.07) is 10.3. The van der Waals surface area contributed by atoms with Crippen molar-refractivity contribution in [1.82, 2.24) is 0 Å². The first-order valence-electron chi connectivity index (χ1n) is 5.12. The summed E-state index contributed by atoms with van der Waals surface area (Å²) >= 11 is 8.43. The van der Waals surface area contributed by atoms with Gasteiger partial charge < -0.3 is 0 Å². The maximum Gasteiger partial charge on any atom is 0.0425 e. The normalized spacial score (nSPS) is 14.6. The lowest BCUT2D eigenvalue weighted by Gasteiger charge is -2.12. The van der Waals surface area contributed by atoms with Crippen LogP contribution in [-0.4, -0.2) is 9.30 Å². The number of benzene rings is 1. The van der Waals surface area contributed by atoms with E-state index in [1.165, 1.54) is 11.1 Å². The molecule has 0 aromatic heterocycles. The number of hydrogen-bond acceptors (Lipinski definition) is 0. The van der Waals surface area contributed by atoms with Crippen molar-refractivity contribution in [2.75, 3.05) is 0 Å².